The van der Waals surface area contributed by atoms with E-state index in [1.54, 1.807) is 12.1 Å². The molecular weight excluding hydrogens is 370 g/mol. The summed E-state index contributed by atoms with van der Waals surface area (Å²) >= 11 is 8.96. The van der Waals surface area contributed by atoms with Gasteiger partial charge < -0.3 is 9.47 Å². The van der Waals surface area contributed by atoms with Crippen LogP contribution in [0.2, 0.25) is 0 Å². The van der Waals surface area contributed by atoms with Crippen LogP contribution >= 0.6 is 27.5 Å². The Bertz CT molecular complexity index is 538. The van der Waals surface area contributed by atoms with Gasteiger partial charge in [0.15, 0.2) is 0 Å². The Labute approximate surface area is 132 Å². The fraction of sp³-hybridized carbons (Fsp3) is 0.500. The molecule has 0 aliphatic heterocycles. The number of rotatable bonds is 8. The van der Waals surface area contributed by atoms with Crippen molar-refractivity contribution in [3.05, 3.63) is 28.2 Å². The molecule has 1 aromatic carbocycles. The average Bonchev–Trinajstić information content (AvgIpc) is 2.43. The lowest BCUT2D eigenvalue weighted by molar-refractivity contribution is 0.0320. The van der Waals surface area contributed by atoms with Gasteiger partial charge in [0.05, 0.1) is 17.6 Å². The Morgan fingerprint density at radius 1 is 1.40 bits per heavy atom. The molecule has 8 heteroatoms. The van der Waals surface area contributed by atoms with Crippen molar-refractivity contribution in [2.24, 2.45) is 0 Å². The number of halogens is 2. The Morgan fingerprint density at radius 2 is 2.10 bits per heavy atom. The molecule has 20 heavy (non-hydrogen) atoms. The number of ether oxygens (including phenoxy) is 2. The summed E-state index contributed by atoms with van der Waals surface area (Å²) < 4.78 is 37.6. The maximum absolute atomic E-state index is 12.3. The number of methoxy groups -OCH3 is 2. The van der Waals surface area contributed by atoms with Gasteiger partial charge in [-0.2, -0.15) is 0 Å². The first-order chi connectivity index (χ1) is 9.44. The summed E-state index contributed by atoms with van der Waals surface area (Å²) in [4.78, 5) is 0.155. The smallest absolute Gasteiger partial charge is 0.241 e. The third kappa shape index (κ3) is 4.98. The zero-order valence-corrected chi connectivity index (χ0v) is 14.4. The lowest BCUT2D eigenvalue weighted by Crippen LogP contribution is -2.35. The van der Waals surface area contributed by atoms with E-state index in [0.29, 0.717) is 11.1 Å². The van der Waals surface area contributed by atoms with E-state index in [-0.39, 0.29) is 23.4 Å². The molecule has 1 atom stereocenters. The molecule has 114 valence electrons. The van der Waals surface area contributed by atoms with Crippen molar-refractivity contribution in [2.75, 3.05) is 27.4 Å². The third-order valence-corrected chi connectivity index (χ3v) is 5.35. The summed E-state index contributed by atoms with van der Waals surface area (Å²) in [6.07, 6.45) is -0.343. The first-order valence-electron chi connectivity index (χ1n) is 5.80. The molecule has 0 aromatic heterocycles. The molecule has 0 saturated heterocycles. The fourth-order valence-electron chi connectivity index (χ4n) is 1.51. The number of hydrogen-bond acceptors (Lipinski definition) is 4. The molecular formula is C12H17BrClNO4S. The van der Waals surface area contributed by atoms with Crippen molar-refractivity contribution in [3.8, 4) is 0 Å². The van der Waals surface area contributed by atoms with E-state index in [1.165, 1.54) is 20.3 Å². The quantitative estimate of drug-likeness (QED) is 0.695. The van der Waals surface area contributed by atoms with Gasteiger partial charge in [0, 0.05) is 31.1 Å². The lowest BCUT2D eigenvalue weighted by Gasteiger charge is -2.16. The predicted molar refractivity (Wildman–Crippen MR) is 81.6 cm³/mol. The van der Waals surface area contributed by atoms with Crippen LogP contribution in [0, 0.1) is 0 Å². The van der Waals surface area contributed by atoms with E-state index < -0.39 is 10.0 Å². The zero-order chi connectivity index (χ0) is 15.2. The van der Waals surface area contributed by atoms with Crippen LogP contribution in [-0.4, -0.2) is 41.9 Å². The first kappa shape index (κ1) is 17.9. The maximum atomic E-state index is 12.3. The second-order valence-electron chi connectivity index (χ2n) is 4.06. The normalized spacial score (nSPS) is 13.4. The number of alkyl halides is 1. The van der Waals surface area contributed by atoms with Crippen molar-refractivity contribution >= 4 is 37.6 Å². The van der Waals surface area contributed by atoms with E-state index in [4.69, 9.17) is 21.1 Å². The SMILES string of the molecule is COCC(CNS(=O)(=O)c1cc(CCl)ccc1Br)OC. The van der Waals surface area contributed by atoms with Crippen molar-refractivity contribution in [2.45, 2.75) is 16.9 Å². The largest absolute Gasteiger partial charge is 0.382 e. The summed E-state index contributed by atoms with van der Waals surface area (Å²) in [5.74, 6) is 0.250. The number of benzene rings is 1. The minimum Gasteiger partial charge on any atom is -0.382 e. The summed E-state index contributed by atoms with van der Waals surface area (Å²) in [5.41, 5.74) is 0.732. The van der Waals surface area contributed by atoms with Gasteiger partial charge in [-0.05, 0) is 33.6 Å². The van der Waals surface area contributed by atoms with Crippen LogP contribution < -0.4 is 4.72 Å². The van der Waals surface area contributed by atoms with Crippen molar-refractivity contribution in [3.63, 3.8) is 0 Å². The lowest BCUT2D eigenvalue weighted by atomic mass is 10.2. The summed E-state index contributed by atoms with van der Waals surface area (Å²) in [5, 5.41) is 0. The van der Waals surface area contributed by atoms with E-state index >= 15 is 0 Å². The van der Waals surface area contributed by atoms with Gasteiger partial charge in [-0.1, -0.05) is 6.07 Å². The van der Waals surface area contributed by atoms with Gasteiger partial charge in [-0.25, -0.2) is 13.1 Å². The van der Waals surface area contributed by atoms with Gasteiger partial charge >= 0.3 is 0 Å². The van der Waals surface area contributed by atoms with Crippen LogP contribution in [-0.2, 0) is 25.4 Å². The monoisotopic (exact) mass is 385 g/mol. The second kappa shape index (κ2) is 8.31. The minimum atomic E-state index is -3.64. The number of nitrogens with one attached hydrogen (secondary N) is 1. The fourth-order valence-corrected chi connectivity index (χ4v) is 3.76. The Hall–Kier alpha value is -0.180. The number of hydrogen-bond donors (Lipinski definition) is 1. The molecule has 1 aromatic rings. The highest BCUT2D eigenvalue weighted by molar-refractivity contribution is 9.10. The van der Waals surface area contributed by atoms with E-state index in [0.717, 1.165) is 5.56 Å². The highest BCUT2D eigenvalue weighted by Crippen LogP contribution is 2.23. The predicted octanol–water partition coefficient (Wildman–Crippen LogP) is 2.13. The molecule has 0 heterocycles. The van der Waals surface area contributed by atoms with Gasteiger partial charge in [0.2, 0.25) is 10.0 Å². The van der Waals surface area contributed by atoms with Gasteiger partial charge in [-0.3, -0.25) is 0 Å². The topological polar surface area (TPSA) is 64.6 Å². The zero-order valence-electron chi connectivity index (χ0n) is 11.2. The highest BCUT2D eigenvalue weighted by Gasteiger charge is 2.20. The van der Waals surface area contributed by atoms with Crippen LogP contribution in [0.4, 0.5) is 0 Å². The van der Waals surface area contributed by atoms with Gasteiger partial charge in [-0.15, -0.1) is 11.6 Å². The van der Waals surface area contributed by atoms with Crippen molar-refractivity contribution in [1.29, 1.82) is 0 Å². The van der Waals surface area contributed by atoms with Gasteiger partial charge in [0.1, 0.15) is 0 Å². The van der Waals surface area contributed by atoms with Crippen LogP contribution in [0.15, 0.2) is 27.6 Å². The summed E-state index contributed by atoms with van der Waals surface area (Å²) in [7, 11) is -0.607. The number of sulfonamides is 1. The van der Waals surface area contributed by atoms with Gasteiger partial charge in [0.25, 0.3) is 0 Å². The van der Waals surface area contributed by atoms with Crippen molar-refractivity contribution < 1.29 is 17.9 Å². The molecule has 5 nitrogen and oxygen atoms in total. The molecule has 0 spiro atoms. The van der Waals surface area contributed by atoms with E-state index in [9.17, 15) is 8.42 Å². The molecule has 1 rings (SSSR count). The second-order valence-corrected chi connectivity index (χ2v) is 6.92. The van der Waals surface area contributed by atoms with Crippen LogP contribution in [0.3, 0.4) is 0 Å². The Balaban J connectivity index is 2.88. The summed E-state index contributed by atoms with van der Waals surface area (Å²) in [6.45, 7) is 0.437. The molecule has 0 saturated carbocycles. The van der Waals surface area contributed by atoms with Crippen molar-refractivity contribution in [1.82, 2.24) is 4.72 Å². The Morgan fingerprint density at radius 3 is 2.65 bits per heavy atom. The minimum absolute atomic E-state index is 0.129. The van der Waals surface area contributed by atoms with E-state index in [2.05, 4.69) is 20.7 Å². The molecule has 0 radical (unpaired) electrons. The standard InChI is InChI=1S/C12H17BrClNO4S/c1-18-8-10(19-2)7-15-20(16,17)12-5-9(6-14)3-4-11(12)13/h3-5,10,15H,6-8H2,1-2H3. The van der Waals surface area contributed by atoms with Crippen LogP contribution in [0.25, 0.3) is 0 Å². The average molecular weight is 387 g/mol. The highest BCUT2D eigenvalue weighted by atomic mass is 79.9. The van der Waals surface area contributed by atoms with E-state index in [1.807, 2.05) is 0 Å². The molecule has 0 aliphatic carbocycles. The maximum Gasteiger partial charge on any atom is 0.241 e. The molecule has 0 amide bonds. The molecule has 0 aliphatic rings. The van der Waals surface area contributed by atoms with Crippen LogP contribution in [0.5, 0.6) is 0 Å². The molecule has 1 unspecified atom stereocenters. The molecule has 0 bridgehead atoms. The van der Waals surface area contributed by atoms with Crippen LogP contribution in [0.1, 0.15) is 5.56 Å². The molecule has 0 fully saturated rings. The third-order valence-electron chi connectivity index (χ3n) is 2.63. The summed E-state index contributed by atoms with van der Waals surface area (Å²) in [6, 6.07) is 4.96. The Kier molecular flexibility index (Phi) is 7.42. The molecule has 1 N–H and O–H groups in total. The first-order valence-corrected chi connectivity index (χ1v) is 8.61.